The van der Waals surface area contributed by atoms with Gasteiger partial charge < -0.3 is 14.5 Å². The second kappa shape index (κ2) is 7.15. The zero-order valence-corrected chi connectivity index (χ0v) is 14.6. The van der Waals surface area contributed by atoms with Gasteiger partial charge in [-0.15, -0.1) is 0 Å². The molecule has 1 aliphatic carbocycles. The summed E-state index contributed by atoms with van der Waals surface area (Å²) in [7, 11) is 0. The summed E-state index contributed by atoms with van der Waals surface area (Å²) in [5, 5.41) is 0. The highest BCUT2D eigenvalue weighted by Crippen LogP contribution is 2.38. The summed E-state index contributed by atoms with van der Waals surface area (Å²) in [5.74, 6) is 0.941. The maximum atomic E-state index is 12.5. The number of likely N-dealkylation sites (tertiary alicyclic amines) is 1. The molecule has 7 heteroatoms. The molecule has 1 aromatic heterocycles. The molecule has 2 aliphatic heterocycles. The first kappa shape index (κ1) is 16.6. The average molecular weight is 346 g/mol. The van der Waals surface area contributed by atoms with Gasteiger partial charge in [0.2, 0.25) is 0 Å². The van der Waals surface area contributed by atoms with Crippen LogP contribution in [0.3, 0.4) is 0 Å². The number of hydrogen-bond acceptors (Lipinski definition) is 4. The van der Waals surface area contributed by atoms with Gasteiger partial charge in [0.15, 0.2) is 0 Å². The molecule has 136 valence electrons. The molecule has 0 spiro atoms. The summed E-state index contributed by atoms with van der Waals surface area (Å²) in [6.07, 6.45) is 5.90. The zero-order valence-electron chi connectivity index (χ0n) is 14.6. The van der Waals surface area contributed by atoms with E-state index < -0.39 is 0 Å². The molecular weight excluding hydrogens is 320 g/mol. The Kier molecular flexibility index (Phi) is 4.74. The first-order valence-corrected chi connectivity index (χ1v) is 9.38. The van der Waals surface area contributed by atoms with Crippen LogP contribution in [0.5, 0.6) is 0 Å². The van der Waals surface area contributed by atoms with E-state index in [0.717, 1.165) is 44.5 Å². The van der Waals surface area contributed by atoms with E-state index >= 15 is 0 Å². The lowest BCUT2D eigenvalue weighted by molar-refractivity contribution is 0.0397. The third kappa shape index (κ3) is 3.86. The summed E-state index contributed by atoms with van der Waals surface area (Å²) in [6.45, 7) is 4.88. The minimum absolute atomic E-state index is 0.0590. The molecule has 0 atom stereocenters. The minimum Gasteiger partial charge on any atom is -0.378 e. The van der Waals surface area contributed by atoms with Gasteiger partial charge in [-0.05, 0) is 31.6 Å². The van der Waals surface area contributed by atoms with Crippen LogP contribution in [0, 0.1) is 5.92 Å². The molecule has 1 saturated carbocycles. The molecule has 0 bridgehead atoms. The lowest BCUT2D eigenvalue weighted by atomic mass is 9.97. The maximum absolute atomic E-state index is 12.5. The summed E-state index contributed by atoms with van der Waals surface area (Å²) in [5.41, 5.74) is 1.01. The van der Waals surface area contributed by atoms with Crippen LogP contribution in [-0.2, 0) is 11.3 Å². The van der Waals surface area contributed by atoms with Gasteiger partial charge in [0.05, 0.1) is 25.2 Å². The van der Waals surface area contributed by atoms with Crippen LogP contribution in [0.25, 0.3) is 0 Å². The third-order valence-electron chi connectivity index (χ3n) is 5.52. The van der Waals surface area contributed by atoms with Gasteiger partial charge in [0, 0.05) is 44.7 Å². The van der Waals surface area contributed by atoms with E-state index in [1.807, 2.05) is 9.80 Å². The SMILES string of the molecule is O=C(N1CCOCC1)N1CCC(Cn2cnc(C3CC3)cc2=O)CC1. The fourth-order valence-corrected chi connectivity index (χ4v) is 3.72. The van der Waals surface area contributed by atoms with Crippen LogP contribution in [0.15, 0.2) is 17.2 Å². The molecule has 3 aliphatic rings. The Bertz CT molecular complexity index is 671. The topological polar surface area (TPSA) is 67.7 Å². The van der Waals surface area contributed by atoms with Crippen molar-refractivity contribution in [3.05, 3.63) is 28.4 Å². The second-order valence-electron chi connectivity index (χ2n) is 7.39. The summed E-state index contributed by atoms with van der Waals surface area (Å²) in [6, 6.07) is 1.84. The summed E-state index contributed by atoms with van der Waals surface area (Å²) >= 11 is 0. The van der Waals surface area contributed by atoms with Crippen molar-refractivity contribution in [1.29, 1.82) is 0 Å². The molecule has 2 amide bonds. The number of hydrogen-bond donors (Lipinski definition) is 0. The first-order valence-electron chi connectivity index (χ1n) is 9.38. The quantitative estimate of drug-likeness (QED) is 0.827. The van der Waals surface area contributed by atoms with Crippen molar-refractivity contribution in [1.82, 2.24) is 19.4 Å². The lowest BCUT2D eigenvalue weighted by Gasteiger charge is -2.37. The van der Waals surface area contributed by atoms with Crippen LogP contribution in [0.2, 0.25) is 0 Å². The predicted octanol–water partition coefficient (Wildman–Crippen LogP) is 1.28. The van der Waals surface area contributed by atoms with Crippen LogP contribution in [0.1, 0.15) is 37.3 Å². The Labute approximate surface area is 147 Å². The largest absolute Gasteiger partial charge is 0.378 e. The smallest absolute Gasteiger partial charge is 0.320 e. The van der Waals surface area contributed by atoms with Crippen molar-refractivity contribution in [2.45, 2.75) is 38.1 Å². The summed E-state index contributed by atoms with van der Waals surface area (Å²) < 4.78 is 7.04. The molecule has 0 aromatic carbocycles. The average Bonchev–Trinajstić information content (AvgIpc) is 3.49. The normalized spacial score (nSPS) is 22.2. The number of rotatable bonds is 3. The number of piperidine rings is 1. The number of carbonyl (C=O) groups excluding carboxylic acids is 1. The molecular formula is C18H26N4O3. The zero-order chi connectivity index (χ0) is 17.2. The molecule has 0 N–H and O–H groups in total. The molecule has 25 heavy (non-hydrogen) atoms. The monoisotopic (exact) mass is 346 g/mol. The van der Waals surface area contributed by atoms with Gasteiger partial charge in [0.25, 0.3) is 5.56 Å². The molecule has 1 aromatic rings. The van der Waals surface area contributed by atoms with Crippen molar-refractivity contribution in [3.63, 3.8) is 0 Å². The highest BCUT2D eigenvalue weighted by atomic mass is 16.5. The molecule has 4 rings (SSSR count). The van der Waals surface area contributed by atoms with Gasteiger partial charge in [-0.25, -0.2) is 9.78 Å². The van der Waals surface area contributed by atoms with E-state index in [4.69, 9.17) is 4.74 Å². The van der Waals surface area contributed by atoms with Gasteiger partial charge in [-0.1, -0.05) is 0 Å². The molecule has 0 radical (unpaired) electrons. The Morgan fingerprint density at radius 3 is 2.40 bits per heavy atom. The molecule has 3 heterocycles. The molecule has 7 nitrogen and oxygen atoms in total. The Hall–Kier alpha value is -1.89. The van der Waals surface area contributed by atoms with Gasteiger partial charge in [0.1, 0.15) is 0 Å². The minimum atomic E-state index is 0.0590. The van der Waals surface area contributed by atoms with E-state index in [9.17, 15) is 9.59 Å². The lowest BCUT2D eigenvalue weighted by Crippen LogP contribution is -2.50. The van der Waals surface area contributed by atoms with Crippen molar-refractivity contribution in [3.8, 4) is 0 Å². The number of urea groups is 1. The fourth-order valence-electron chi connectivity index (χ4n) is 3.72. The fraction of sp³-hybridized carbons (Fsp3) is 0.722. The van der Waals surface area contributed by atoms with Crippen LogP contribution in [-0.4, -0.2) is 64.8 Å². The number of ether oxygens (including phenoxy) is 1. The van der Waals surface area contributed by atoms with Crippen LogP contribution in [0.4, 0.5) is 4.79 Å². The highest BCUT2D eigenvalue weighted by Gasteiger charge is 2.28. The number of carbonyl (C=O) groups is 1. The maximum Gasteiger partial charge on any atom is 0.320 e. The van der Waals surface area contributed by atoms with E-state index in [-0.39, 0.29) is 11.6 Å². The number of amides is 2. The van der Waals surface area contributed by atoms with Gasteiger partial charge >= 0.3 is 6.03 Å². The standard InChI is InChI=1S/C18H26N4O3/c23-17-11-16(15-1-2-15)19-13-22(17)12-14-3-5-20(6-4-14)18(24)21-7-9-25-10-8-21/h11,13-15H,1-10,12H2. The number of nitrogens with zero attached hydrogens (tertiary/aromatic N) is 4. The summed E-state index contributed by atoms with van der Waals surface area (Å²) in [4.78, 5) is 33.1. The van der Waals surface area contributed by atoms with Gasteiger partial charge in [-0.3, -0.25) is 9.36 Å². The Morgan fingerprint density at radius 1 is 1.08 bits per heavy atom. The van der Waals surface area contributed by atoms with Crippen LogP contribution >= 0.6 is 0 Å². The van der Waals surface area contributed by atoms with Crippen LogP contribution < -0.4 is 5.56 Å². The molecule has 2 saturated heterocycles. The molecule has 0 unspecified atom stereocenters. The van der Waals surface area contributed by atoms with E-state index in [1.165, 1.54) is 0 Å². The second-order valence-corrected chi connectivity index (χ2v) is 7.39. The van der Waals surface area contributed by atoms with Gasteiger partial charge in [-0.2, -0.15) is 0 Å². The van der Waals surface area contributed by atoms with Crippen molar-refractivity contribution >= 4 is 6.03 Å². The Balaban J connectivity index is 1.30. The van der Waals surface area contributed by atoms with Crippen molar-refractivity contribution < 1.29 is 9.53 Å². The highest BCUT2D eigenvalue weighted by molar-refractivity contribution is 5.74. The number of morpholine rings is 1. The van der Waals surface area contributed by atoms with Crippen molar-refractivity contribution in [2.24, 2.45) is 5.92 Å². The number of aromatic nitrogens is 2. The molecule has 3 fully saturated rings. The predicted molar refractivity (Wildman–Crippen MR) is 92.6 cm³/mol. The van der Waals surface area contributed by atoms with E-state index in [0.29, 0.717) is 44.7 Å². The third-order valence-corrected chi connectivity index (χ3v) is 5.52. The van der Waals surface area contributed by atoms with E-state index in [1.54, 1.807) is 17.0 Å². The first-order chi connectivity index (χ1) is 12.2. The van der Waals surface area contributed by atoms with E-state index in [2.05, 4.69) is 4.98 Å². The Morgan fingerprint density at radius 2 is 1.76 bits per heavy atom. The van der Waals surface area contributed by atoms with Crippen molar-refractivity contribution in [2.75, 3.05) is 39.4 Å².